The number of para-hydroxylation sites is 1. The molecule has 1 heterocycles. The number of anilines is 1. The number of carbonyl (C=O) groups is 1. The molecule has 1 fully saturated rings. The van der Waals surface area contributed by atoms with Gasteiger partial charge < -0.3 is 15.0 Å². The molecule has 1 saturated carbocycles. The fraction of sp³-hybridized carbons (Fsp3) is 0.588. The van der Waals surface area contributed by atoms with Crippen molar-refractivity contribution in [3.8, 4) is 0 Å². The second kappa shape index (κ2) is 5.78. The number of nitrogens with zero attached hydrogens (tertiary/aromatic N) is 1. The number of methoxy groups -OCH3 is 1. The predicted molar refractivity (Wildman–Crippen MR) is 83.3 cm³/mol. The summed E-state index contributed by atoms with van der Waals surface area (Å²) in [5.41, 5.74) is 2.02. The molecule has 3 rings (SSSR count). The van der Waals surface area contributed by atoms with Crippen LogP contribution in [0.5, 0.6) is 0 Å². The number of carbonyl (C=O) groups excluding carboxylic acids is 1. The highest BCUT2D eigenvalue weighted by molar-refractivity contribution is 5.95. The zero-order valence-corrected chi connectivity index (χ0v) is 12.9. The summed E-state index contributed by atoms with van der Waals surface area (Å²) in [6.45, 7) is 3.66. The Labute approximate surface area is 126 Å². The van der Waals surface area contributed by atoms with Gasteiger partial charge in [0.1, 0.15) is 0 Å². The first-order valence-corrected chi connectivity index (χ1v) is 7.80. The Bertz CT molecular complexity index is 520. The smallest absolute Gasteiger partial charge is 0.229 e. The summed E-state index contributed by atoms with van der Waals surface area (Å²) in [6, 6.07) is 8.47. The van der Waals surface area contributed by atoms with E-state index in [0.29, 0.717) is 12.5 Å². The number of hydrogen-bond donors (Lipinski definition) is 1. The monoisotopic (exact) mass is 288 g/mol. The SMILES string of the molecule is COC1(CC(=O)N2CC(C)NCc3ccccc32)CCC1. The van der Waals surface area contributed by atoms with E-state index in [1.165, 1.54) is 5.56 Å². The molecule has 1 aliphatic heterocycles. The van der Waals surface area contributed by atoms with Gasteiger partial charge in [0.15, 0.2) is 0 Å². The number of rotatable bonds is 3. The summed E-state index contributed by atoms with van der Waals surface area (Å²) in [5.74, 6) is 0.180. The number of hydrogen-bond acceptors (Lipinski definition) is 3. The molecule has 1 aromatic rings. The lowest BCUT2D eigenvalue weighted by Gasteiger charge is -2.41. The van der Waals surface area contributed by atoms with E-state index in [4.69, 9.17) is 4.74 Å². The Morgan fingerprint density at radius 3 is 2.86 bits per heavy atom. The summed E-state index contributed by atoms with van der Waals surface area (Å²) in [4.78, 5) is 14.8. The largest absolute Gasteiger partial charge is 0.378 e. The second-order valence-electron chi connectivity index (χ2n) is 6.33. The fourth-order valence-electron chi connectivity index (χ4n) is 3.28. The first-order chi connectivity index (χ1) is 10.1. The Kier molecular flexibility index (Phi) is 4.00. The van der Waals surface area contributed by atoms with Crippen molar-refractivity contribution in [3.05, 3.63) is 29.8 Å². The molecule has 114 valence electrons. The molecule has 0 bridgehead atoms. The van der Waals surface area contributed by atoms with Crippen LogP contribution in [0.1, 0.15) is 38.2 Å². The molecule has 1 aliphatic carbocycles. The van der Waals surface area contributed by atoms with Gasteiger partial charge in [-0.1, -0.05) is 18.2 Å². The van der Waals surface area contributed by atoms with Crippen LogP contribution in [0.2, 0.25) is 0 Å². The highest BCUT2D eigenvalue weighted by Gasteiger charge is 2.40. The Hall–Kier alpha value is -1.39. The Morgan fingerprint density at radius 1 is 1.43 bits per heavy atom. The van der Waals surface area contributed by atoms with Crippen molar-refractivity contribution in [3.63, 3.8) is 0 Å². The van der Waals surface area contributed by atoms with Crippen LogP contribution >= 0.6 is 0 Å². The molecule has 4 heteroatoms. The van der Waals surface area contributed by atoms with E-state index in [0.717, 1.165) is 38.0 Å². The Balaban J connectivity index is 1.83. The van der Waals surface area contributed by atoms with E-state index in [9.17, 15) is 4.79 Å². The van der Waals surface area contributed by atoms with Crippen molar-refractivity contribution in [2.75, 3.05) is 18.6 Å². The second-order valence-corrected chi connectivity index (χ2v) is 6.33. The van der Waals surface area contributed by atoms with E-state index >= 15 is 0 Å². The third-order valence-corrected chi connectivity index (χ3v) is 4.85. The van der Waals surface area contributed by atoms with Crippen molar-refractivity contribution in [1.29, 1.82) is 0 Å². The molecule has 1 N–H and O–H groups in total. The average molecular weight is 288 g/mol. The lowest BCUT2D eigenvalue weighted by Crippen LogP contribution is -2.47. The normalized spacial score (nSPS) is 23.9. The summed E-state index contributed by atoms with van der Waals surface area (Å²) < 4.78 is 5.62. The molecule has 1 atom stereocenters. The maximum atomic E-state index is 12.8. The van der Waals surface area contributed by atoms with Gasteiger partial charge in [-0.15, -0.1) is 0 Å². The van der Waals surface area contributed by atoms with Crippen LogP contribution in [0.4, 0.5) is 5.69 Å². The quantitative estimate of drug-likeness (QED) is 0.929. The van der Waals surface area contributed by atoms with Gasteiger partial charge in [0, 0.05) is 31.9 Å². The lowest BCUT2D eigenvalue weighted by atomic mass is 9.77. The van der Waals surface area contributed by atoms with Gasteiger partial charge in [0.2, 0.25) is 5.91 Å². The van der Waals surface area contributed by atoms with Crippen LogP contribution in [-0.2, 0) is 16.1 Å². The van der Waals surface area contributed by atoms with Crippen LogP contribution in [0.15, 0.2) is 24.3 Å². The average Bonchev–Trinajstić information content (AvgIpc) is 2.63. The van der Waals surface area contributed by atoms with Crippen molar-refractivity contribution in [1.82, 2.24) is 5.32 Å². The number of ether oxygens (including phenoxy) is 1. The van der Waals surface area contributed by atoms with Gasteiger partial charge in [0.05, 0.1) is 12.0 Å². The highest BCUT2D eigenvalue weighted by atomic mass is 16.5. The maximum absolute atomic E-state index is 12.8. The van der Waals surface area contributed by atoms with Crippen molar-refractivity contribution < 1.29 is 9.53 Å². The number of nitrogens with one attached hydrogen (secondary N) is 1. The topological polar surface area (TPSA) is 41.6 Å². The predicted octanol–water partition coefficient (Wildman–Crippen LogP) is 2.47. The van der Waals surface area contributed by atoms with Crippen molar-refractivity contribution in [2.45, 2.75) is 50.8 Å². The van der Waals surface area contributed by atoms with E-state index in [1.807, 2.05) is 23.1 Å². The van der Waals surface area contributed by atoms with Gasteiger partial charge in [0.25, 0.3) is 0 Å². The molecule has 21 heavy (non-hydrogen) atoms. The molecule has 1 unspecified atom stereocenters. The van der Waals surface area contributed by atoms with E-state index in [2.05, 4.69) is 18.3 Å². The van der Waals surface area contributed by atoms with Crippen LogP contribution in [-0.4, -0.2) is 31.2 Å². The van der Waals surface area contributed by atoms with Crippen LogP contribution in [0.25, 0.3) is 0 Å². The van der Waals surface area contributed by atoms with E-state index in [1.54, 1.807) is 7.11 Å². The summed E-state index contributed by atoms with van der Waals surface area (Å²) in [5, 5.41) is 3.47. The fourth-order valence-corrected chi connectivity index (χ4v) is 3.28. The summed E-state index contributed by atoms with van der Waals surface area (Å²) in [7, 11) is 1.73. The molecule has 4 nitrogen and oxygen atoms in total. The van der Waals surface area contributed by atoms with Crippen LogP contribution in [0, 0.1) is 0 Å². The third kappa shape index (κ3) is 2.83. The van der Waals surface area contributed by atoms with Crippen LogP contribution in [0.3, 0.4) is 0 Å². The number of benzene rings is 1. The molecule has 0 radical (unpaired) electrons. The van der Waals surface area contributed by atoms with Crippen molar-refractivity contribution >= 4 is 11.6 Å². The van der Waals surface area contributed by atoms with Crippen LogP contribution < -0.4 is 10.2 Å². The van der Waals surface area contributed by atoms with Gasteiger partial charge in [-0.3, -0.25) is 4.79 Å². The highest BCUT2D eigenvalue weighted by Crippen LogP contribution is 2.39. The first kappa shape index (κ1) is 14.5. The molecule has 1 aromatic carbocycles. The molecular weight excluding hydrogens is 264 g/mol. The first-order valence-electron chi connectivity index (χ1n) is 7.80. The molecule has 2 aliphatic rings. The van der Waals surface area contributed by atoms with Gasteiger partial charge in [-0.25, -0.2) is 0 Å². The molecule has 0 spiro atoms. The molecular formula is C17H24N2O2. The standard InChI is InChI=1S/C17H24N2O2/c1-13-12-19(15-7-4-3-6-14(15)11-18-13)16(20)10-17(21-2)8-5-9-17/h3-4,6-7,13,18H,5,8-12H2,1-2H3. The summed E-state index contributed by atoms with van der Waals surface area (Å²) in [6.07, 6.45) is 3.65. The minimum atomic E-state index is -0.213. The summed E-state index contributed by atoms with van der Waals surface area (Å²) >= 11 is 0. The number of fused-ring (bicyclic) bond motifs is 1. The molecule has 1 amide bonds. The van der Waals surface area contributed by atoms with Gasteiger partial charge >= 0.3 is 0 Å². The maximum Gasteiger partial charge on any atom is 0.229 e. The minimum absolute atomic E-state index is 0.180. The van der Waals surface area contributed by atoms with Gasteiger partial charge in [-0.05, 0) is 37.8 Å². The van der Waals surface area contributed by atoms with E-state index in [-0.39, 0.29) is 11.5 Å². The van der Waals surface area contributed by atoms with E-state index < -0.39 is 0 Å². The Morgan fingerprint density at radius 2 is 2.19 bits per heavy atom. The zero-order valence-electron chi connectivity index (χ0n) is 12.9. The lowest BCUT2D eigenvalue weighted by molar-refractivity contribution is -0.131. The zero-order chi connectivity index (χ0) is 14.9. The molecule has 0 aromatic heterocycles. The van der Waals surface area contributed by atoms with Gasteiger partial charge in [-0.2, -0.15) is 0 Å². The van der Waals surface area contributed by atoms with Crippen molar-refractivity contribution in [2.24, 2.45) is 0 Å². The molecule has 0 saturated heterocycles. The third-order valence-electron chi connectivity index (χ3n) is 4.85. The number of amides is 1. The minimum Gasteiger partial charge on any atom is -0.378 e.